The zero-order valence-corrected chi connectivity index (χ0v) is 11.5. The van der Waals surface area contributed by atoms with Crippen molar-refractivity contribution >= 4 is 11.9 Å². The number of carbonyl (C=O) groups excluding carboxylic acids is 1. The third-order valence-electron chi connectivity index (χ3n) is 2.88. The second-order valence-electron chi connectivity index (χ2n) is 4.18. The van der Waals surface area contributed by atoms with Gasteiger partial charge in [0.2, 0.25) is 5.78 Å². The van der Waals surface area contributed by atoms with E-state index in [4.69, 9.17) is 9.47 Å². The molecule has 0 radical (unpaired) electrons. The molecule has 3 nitrogen and oxygen atoms in total. The lowest BCUT2D eigenvalue weighted by Crippen LogP contribution is -2.09. The van der Waals surface area contributed by atoms with Gasteiger partial charge in [-0.05, 0) is 11.6 Å². The Hall–Kier alpha value is -2.55. The average molecular weight is 268 g/mol. The third-order valence-corrected chi connectivity index (χ3v) is 2.88. The molecule has 1 aromatic rings. The minimum Gasteiger partial charge on any atom is -0.496 e. The van der Waals surface area contributed by atoms with Crippen LogP contribution in [0.5, 0.6) is 0 Å². The summed E-state index contributed by atoms with van der Waals surface area (Å²) in [7, 11) is 3.02. The highest BCUT2D eigenvalue weighted by molar-refractivity contribution is 6.05. The van der Waals surface area contributed by atoms with Gasteiger partial charge in [0.25, 0.3) is 0 Å². The van der Waals surface area contributed by atoms with Crippen LogP contribution in [0.3, 0.4) is 0 Å². The molecular weight excluding hydrogens is 252 g/mol. The van der Waals surface area contributed by atoms with E-state index in [0.29, 0.717) is 11.5 Å². The number of allylic oxidation sites excluding steroid dienone is 4. The van der Waals surface area contributed by atoms with Crippen LogP contribution in [-0.4, -0.2) is 20.0 Å². The topological polar surface area (TPSA) is 35.5 Å². The summed E-state index contributed by atoms with van der Waals surface area (Å²) in [5.41, 5.74) is 1.91. The summed E-state index contributed by atoms with van der Waals surface area (Å²) in [6.07, 6.45) is 8.89. The van der Waals surface area contributed by atoms with Crippen LogP contribution in [0, 0.1) is 0 Å². The highest BCUT2D eigenvalue weighted by Crippen LogP contribution is 2.21. The highest BCUT2D eigenvalue weighted by Gasteiger charge is 2.18. The molecule has 0 heterocycles. The Morgan fingerprint density at radius 1 is 0.950 bits per heavy atom. The predicted molar refractivity (Wildman–Crippen MR) is 78.8 cm³/mol. The number of rotatable bonds is 4. The van der Waals surface area contributed by atoms with E-state index in [1.165, 1.54) is 13.2 Å². The fourth-order valence-corrected chi connectivity index (χ4v) is 1.85. The quantitative estimate of drug-likeness (QED) is 0.840. The van der Waals surface area contributed by atoms with E-state index >= 15 is 0 Å². The molecule has 0 spiro atoms. The number of ether oxygens (including phenoxy) is 2. The van der Waals surface area contributed by atoms with E-state index in [2.05, 4.69) is 0 Å². The molecule has 1 aliphatic rings. The number of ketones is 1. The monoisotopic (exact) mass is 268 g/mol. The van der Waals surface area contributed by atoms with Gasteiger partial charge >= 0.3 is 0 Å². The molecule has 0 aromatic heterocycles. The molecule has 0 amide bonds. The summed E-state index contributed by atoms with van der Waals surface area (Å²) in [6, 6.07) is 9.97. The molecule has 2 rings (SSSR count). The van der Waals surface area contributed by atoms with E-state index < -0.39 is 0 Å². The summed E-state index contributed by atoms with van der Waals surface area (Å²) >= 11 is 0. The van der Waals surface area contributed by atoms with Gasteiger partial charge in [-0.15, -0.1) is 0 Å². The van der Waals surface area contributed by atoms with Gasteiger partial charge in [0.15, 0.2) is 5.76 Å². The van der Waals surface area contributed by atoms with Crippen molar-refractivity contribution in [2.45, 2.75) is 0 Å². The molecule has 0 aliphatic heterocycles. The summed E-state index contributed by atoms with van der Waals surface area (Å²) in [4.78, 5) is 11.6. The standard InChI is InChI=1S/C17H16O3/c1-19-16-12-15(18)17(20-2)11-14(16)10-6-9-13-7-4-3-5-8-13/h3-12H,1-2H3/b9-6+,14-10+. The molecule has 0 bridgehead atoms. The lowest BCUT2D eigenvalue weighted by Gasteiger charge is -2.13. The van der Waals surface area contributed by atoms with Gasteiger partial charge in [0, 0.05) is 11.6 Å². The fraction of sp³-hybridized carbons (Fsp3) is 0.118. The number of hydrogen-bond acceptors (Lipinski definition) is 3. The first-order valence-corrected chi connectivity index (χ1v) is 6.24. The average Bonchev–Trinajstić information content (AvgIpc) is 2.49. The lowest BCUT2D eigenvalue weighted by molar-refractivity contribution is -0.114. The summed E-state index contributed by atoms with van der Waals surface area (Å²) in [5.74, 6) is 0.659. The zero-order valence-electron chi connectivity index (χ0n) is 11.5. The van der Waals surface area contributed by atoms with E-state index in [1.807, 2.05) is 48.6 Å². The van der Waals surface area contributed by atoms with Crippen molar-refractivity contribution in [1.82, 2.24) is 0 Å². The van der Waals surface area contributed by atoms with Gasteiger partial charge in [0.1, 0.15) is 5.76 Å². The summed E-state index contributed by atoms with van der Waals surface area (Å²) in [5, 5.41) is 0. The van der Waals surface area contributed by atoms with Crippen molar-refractivity contribution in [3.05, 3.63) is 77.3 Å². The van der Waals surface area contributed by atoms with Crippen molar-refractivity contribution in [2.24, 2.45) is 0 Å². The van der Waals surface area contributed by atoms with Gasteiger partial charge in [-0.2, -0.15) is 0 Å². The van der Waals surface area contributed by atoms with Gasteiger partial charge in [-0.3, -0.25) is 4.79 Å². The van der Waals surface area contributed by atoms with Crippen molar-refractivity contribution in [3.8, 4) is 0 Å². The molecule has 0 N–H and O–H groups in total. The Labute approximate surface area is 118 Å². The van der Waals surface area contributed by atoms with Crippen molar-refractivity contribution in [1.29, 1.82) is 0 Å². The molecule has 1 aliphatic carbocycles. The lowest BCUT2D eigenvalue weighted by atomic mass is 10.0. The maximum absolute atomic E-state index is 11.6. The Bertz CT molecular complexity index is 604. The number of hydrogen-bond donors (Lipinski definition) is 0. The first-order valence-electron chi connectivity index (χ1n) is 6.24. The van der Waals surface area contributed by atoms with E-state index in [9.17, 15) is 4.79 Å². The van der Waals surface area contributed by atoms with Crippen LogP contribution in [0.2, 0.25) is 0 Å². The van der Waals surface area contributed by atoms with Crippen LogP contribution < -0.4 is 0 Å². The zero-order chi connectivity index (χ0) is 14.4. The first kappa shape index (κ1) is 13.9. The SMILES string of the molecule is COC1=C/C(=C\C=C\c2ccccc2)C(OC)=CC1=O. The minimum atomic E-state index is -0.187. The summed E-state index contributed by atoms with van der Waals surface area (Å²) in [6.45, 7) is 0. The summed E-state index contributed by atoms with van der Waals surface area (Å²) < 4.78 is 10.2. The number of benzene rings is 1. The smallest absolute Gasteiger partial charge is 0.224 e. The van der Waals surface area contributed by atoms with E-state index in [1.54, 1.807) is 13.2 Å². The van der Waals surface area contributed by atoms with Gasteiger partial charge < -0.3 is 9.47 Å². The highest BCUT2D eigenvalue weighted by atomic mass is 16.5. The maximum Gasteiger partial charge on any atom is 0.224 e. The normalized spacial score (nSPS) is 17.1. The molecule has 102 valence electrons. The second-order valence-corrected chi connectivity index (χ2v) is 4.18. The molecule has 3 heteroatoms. The largest absolute Gasteiger partial charge is 0.496 e. The number of methoxy groups -OCH3 is 2. The van der Waals surface area contributed by atoms with Gasteiger partial charge in [0.05, 0.1) is 14.2 Å². The van der Waals surface area contributed by atoms with E-state index in [-0.39, 0.29) is 5.78 Å². The van der Waals surface area contributed by atoms with Crippen LogP contribution >= 0.6 is 0 Å². The number of carbonyl (C=O) groups is 1. The molecule has 0 atom stereocenters. The fourth-order valence-electron chi connectivity index (χ4n) is 1.85. The first-order chi connectivity index (χ1) is 9.74. The Kier molecular flexibility index (Phi) is 4.56. The van der Waals surface area contributed by atoms with Crippen LogP contribution in [-0.2, 0) is 14.3 Å². The molecular formula is C17H16O3. The van der Waals surface area contributed by atoms with Crippen LogP contribution in [0.25, 0.3) is 6.08 Å². The molecule has 0 saturated carbocycles. The van der Waals surface area contributed by atoms with Crippen LogP contribution in [0.15, 0.2) is 71.7 Å². The third kappa shape index (κ3) is 3.26. The van der Waals surface area contributed by atoms with Gasteiger partial charge in [-0.25, -0.2) is 0 Å². The second kappa shape index (κ2) is 6.57. The predicted octanol–water partition coefficient (Wildman–Crippen LogP) is 3.27. The molecule has 1 aromatic carbocycles. The molecule has 20 heavy (non-hydrogen) atoms. The van der Waals surface area contributed by atoms with E-state index in [0.717, 1.165) is 11.1 Å². The Balaban J connectivity index is 2.23. The molecule has 0 unspecified atom stereocenters. The maximum atomic E-state index is 11.6. The van der Waals surface area contributed by atoms with Crippen molar-refractivity contribution in [2.75, 3.05) is 14.2 Å². The van der Waals surface area contributed by atoms with Crippen molar-refractivity contribution in [3.63, 3.8) is 0 Å². The molecule has 0 fully saturated rings. The van der Waals surface area contributed by atoms with Crippen molar-refractivity contribution < 1.29 is 14.3 Å². The Morgan fingerprint density at radius 3 is 2.30 bits per heavy atom. The van der Waals surface area contributed by atoms with Crippen LogP contribution in [0.1, 0.15) is 5.56 Å². The van der Waals surface area contributed by atoms with Gasteiger partial charge in [-0.1, -0.05) is 48.6 Å². The Morgan fingerprint density at radius 2 is 1.65 bits per heavy atom. The van der Waals surface area contributed by atoms with Crippen LogP contribution in [0.4, 0.5) is 0 Å². The minimum absolute atomic E-state index is 0.187. The molecule has 0 saturated heterocycles.